The van der Waals surface area contributed by atoms with Crippen LogP contribution in [-0.2, 0) is 4.79 Å². The number of rotatable bonds is 7. The fourth-order valence-corrected chi connectivity index (χ4v) is 4.90. The van der Waals surface area contributed by atoms with Crippen molar-refractivity contribution in [2.24, 2.45) is 0 Å². The molecule has 0 spiro atoms. The molecule has 0 radical (unpaired) electrons. The van der Waals surface area contributed by atoms with Crippen molar-refractivity contribution in [1.82, 2.24) is 24.8 Å². The van der Waals surface area contributed by atoms with E-state index in [9.17, 15) is 14.4 Å². The molecular weight excluding hydrogens is 473 g/mol. The lowest BCUT2D eigenvalue weighted by atomic mass is 10.0. The van der Waals surface area contributed by atoms with Crippen LogP contribution in [0.1, 0.15) is 25.3 Å². The number of amides is 1. The van der Waals surface area contributed by atoms with E-state index in [1.165, 1.54) is 6.20 Å². The quantitative estimate of drug-likeness (QED) is 0.495. The average molecular weight is 504 g/mol. The minimum Gasteiger partial charge on any atom is -0.492 e. The summed E-state index contributed by atoms with van der Waals surface area (Å²) in [5.41, 5.74) is 2.00. The van der Waals surface area contributed by atoms with Gasteiger partial charge in [0.25, 0.3) is 0 Å². The van der Waals surface area contributed by atoms with E-state index in [0.29, 0.717) is 74.5 Å². The normalized spacial score (nSPS) is 19.7. The predicted molar refractivity (Wildman–Crippen MR) is 138 cm³/mol. The molecule has 37 heavy (non-hydrogen) atoms. The molecule has 5 rings (SSSR count). The standard InChI is InChI=1S/C27H30FN7O2/c1-19(2)26(36)34-10-8-33(9-11-34)24-4-3-20(15-31-24)23-13-22(17-35-25(23)21(14-29)16-32-35)37-12-6-27(28)5-7-30-18-27/h3-4,13,15-17,30H,1,5-12,18H2,2H3. The Bertz CT molecular complexity index is 1350. The summed E-state index contributed by atoms with van der Waals surface area (Å²) in [4.78, 5) is 20.8. The van der Waals surface area contributed by atoms with Gasteiger partial charge in [0.05, 0.1) is 30.1 Å². The fourth-order valence-electron chi connectivity index (χ4n) is 4.90. The van der Waals surface area contributed by atoms with Gasteiger partial charge in [0.2, 0.25) is 5.91 Å². The third kappa shape index (κ3) is 5.13. The number of anilines is 1. The van der Waals surface area contributed by atoms with Crippen LogP contribution in [0, 0.1) is 11.3 Å². The molecule has 2 fully saturated rings. The van der Waals surface area contributed by atoms with Crippen molar-refractivity contribution in [2.75, 3.05) is 50.8 Å². The zero-order valence-corrected chi connectivity index (χ0v) is 20.9. The van der Waals surface area contributed by atoms with Gasteiger partial charge in [-0.1, -0.05) is 6.58 Å². The topological polar surface area (TPSA) is 98.8 Å². The maximum absolute atomic E-state index is 14.7. The van der Waals surface area contributed by atoms with E-state index in [-0.39, 0.29) is 12.5 Å². The number of nitrogens with one attached hydrogen (secondary N) is 1. The average Bonchev–Trinajstić information content (AvgIpc) is 3.54. The maximum atomic E-state index is 14.7. The number of piperazine rings is 1. The minimum absolute atomic E-state index is 0.00947. The first kappa shape index (κ1) is 24.7. The molecule has 1 N–H and O–H groups in total. The molecule has 192 valence electrons. The van der Waals surface area contributed by atoms with E-state index in [1.54, 1.807) is 23.8 Å². The Labute approximate surface area is 215 Å². The Morgan fingerprint density at radius 1 is 1.30 bits per heavy atom. The van der Waals surface area contributed by atoms with Gasteiger partial charge < -0.3 is 19.9 Å². The van der Waals surface area contributed by atoms with Crippen LogP contribution < -0.4 is 15.0 Å². The zero-order chi connectivity index (χ0) is 26.0. The number of pyridine rings is 2. The van der Waals surface area contributed by atoms with Crippen molar-refractivity contribution in [3.63, 3.8) is 0 Å². The second-order valence-electron chi connectivity index (χ2n) is 9.69. The van der Waals surface area contributed by atoms with E-state index in [1.807, 2.05) is 23.1 Å². The SMILES string of the molecule is C=C(C)C(=O)N1CCN(c2ccc(-c3cc(OCCC4(F)CCNC4)cn4ncc(C#N)c34)cn2)CC1. The van der Waals surface area contributed by atoms with Crippen LogP contribution in [0.5, 0.6) is 5.75 Å². The second kappa shape index (κ2) is 10.2. The van der Waals surface area contributed by atoms with E-state index >= 15 is 0 Å². The molecule has 0 aromatic carbocycles. The molecule has 0 aliphatic carbocycles. The van der Waals surface area contributed by atoms with E-state index < -0.39 is 5.67 Å². The van der Waals surface area contributed by atoms with Gasteiger partial charge >= 0.3 is 0 Å². The summed E-state index contributed by atoms with van der Waals surface area (Å²) in [7, 11) is 0. The minimum atomic E-state index is -1.24. The van der Waals surface area contributed by atoms with Crippen molar-refractivity contribution < 1.29 is 13.9 Å². The van der Waals surface area contributed by atoms with Crippen molar-refractivity contribution in [3.8, 4) is 22.9 Å². The molecule has 10 heteroatoms. The molecule has 2 aliphatic heterocycles. The molecule has 9 nitrogen and oxygen atoms in total. The lowest BCUT2D eigenvalue weighted by Crippen LogP contribution is -2.49. The van der Waals surface area contributed by atoms with Crippen molar-refractivity contribution >= 4 is 17.2 Å². The van der Waals surface area contributed by atoms with Gasteiger partial charge in [-0.15, -0.1) is 0 Å². The number of aromatic nitrogens is 3. The molecule has 2 saturated heterocycles. The summed E-state index contributed by atoms with van der Waals surface area (Å²) in [6.07, 6.45) is 5.80. The Hall–Kier alpha value is -3.97. The third-order valence-corrected chi connectivity index (χ3v) is 7.03. The predicted octanol–water partition coefficient (Wildman–Crippen LogP) is 2.96. The van der Waals surface area contributed by atoms with Crippen LogP contribution in [0.25, 0.3) is 16.6 Å². The summed E-state index contributed by atoms with van der Waals surface area (Å²) < 4.78 is 22.3. The smallest absolute Gasteiger partial charge is 0.249 e. The van der Waals surface area contributed by atoms with Gasteiger partial charge in [-0.3, -0.25) is 4.79 Å². The van der Waals surface area contributed by atoms with Crippen LogP contribution in [0.2, 0.25) is 0 Å². The highest BCUT2D eigenvalue weighted by molar-refractivity contribution is 5.92. The van der Waals surface area contributed by atoms with Crippen molar-refractivity contribution in [1.29, 1.82) is 5.26 Å². The second-order valence-corrected chi connectivity index (χ2v) is 9.69. The van der Waals surface area contributed by atoms with E-state index in [4.69, 9.17) is 4.74 Å². The highest BCUT2D eigenvalue weighted by Gasteiger charge is 2.33. The monoisotopic (exact) mass is 503 g/mol. The number of hydrogen-bond acceptors (Lipinski definition) is 7. The maximum Gasteiger partial charge on any atom is 0.249 e. The summed E-state index contributed by atoms with van der Waals surface area (Å²) in [5, 5.41) is 17.0. The van der Waals surface area contributed by atoms with E-state index in [2.05, 4.69) is 32.9 Å². The molecular formula is C27H30FN7O2. The molecule has 2 aliphatic rings. The highest BCUT2D eigenvalue weighted by Crippen LogP contribution is 2.32. The Balaban J connectivity index is 1.35. The summed E-state index contributed by atoms with van der Waals surface area (Å²) in [6, 6.07) is 7.96. The molecule has 5 heterocycles. The van der Waals surface area contributed by atoms with Crippen molar-refractivity contribution in [3.05, 3.63) is 54.5 Å². The summed E-state index contributed by atoms with van der Waals surface area (Å²) in [5.74, 6) is 1.36. The van der Waals surface area contributed by atoms with Gasteiger partial charge in [-0.2, -0.15) is 10.4 Å². The number of fused-ring (bicyclic) bond motifs is 1. The molecule has 0 saturated carbocycles. The number of carbonyl (C=O) groups excluding carboxylic acids is 1. The van der Waals surface area contributed by atoms with Gasteiger partial charge in [-0.25, -0.2) is 13.9 Å². The number of alkyl halides is 1. The molecule has 1 unspecified atom stereocenters. The Kier molecular flexibility index (Phi) is 6.80. The van der Waals surface area contributed by atoms with Gasteiger partial charge in [0, 0.05) is 62.0 Å². The molecule has 1 amide bonds. The number of nitriles is 1. The number of hydrogen-bond donors (Lipinski definition) is 1. The lowest BCUT2D eigenvalue weighted by molar-refractivity contribution is -0.127. The van der Waals surface area contributed by atoms with Gasteiger partial charge in [-0.05, 0) is 38.1 Å². The number of carbonyl (C=O) groups is 1. The molecule has 3 aromatic rings. The fraction of sp³-hybridized carbons (Fsp3) is 0.407. The Morgan fingerprint density at radius 3 is 2.76 bits per heavy atom. The largest absolute Gasteiger partial charge is 0.492 e. The van der Waals surface area contributed by atoms with Crippen LogP contribution >= 0.6 is 0 Å². The molecule has 0 bridgehead atoms. The van der Waals surface area contributed by atoms with E-state index in [0.717, 1.165) is 16.9 Å². The number of nitrogens with zero attached hydrogens (tertiary/aromatic N) is 6. The third-order valence-electron chi connectivity index (χ3n) is 7.03. The van der Waals surface area contributed by atoms with Crippen LogP contribution in [-0.4, -0.2) is 76.9 Å². The molecule has 1 atom stereocenters. The van der Waals surface area contributed by atoms with Crippen LogP contribution in [0.15, 0.2) is 48.9 Å². The highest BCUT2D eigenvalue weighted by atomic mass is 19.1. The summed E-state index contributed by atoms with van der Waals surface area (Å²) in [6.45, 7) is 9.36. The Morgan fingerprint density at radius 2 is 2.11 bits per heavy atom. The molecule has 3 aromatic heterocycles. The first-order valence-electron chi connectivity index (χ1n) is 12.5. The summed E-state index contributed by atoms with van der Waals surface area (Å²) >= 11 is 0. The van der Waals surface area contributed by atoms with Crippen LogP contribution in [0.3, 0.4) is 0 Å². The van der Waals surface area contributed by atoms with Gasteiger partial charge in [0.1, 0.15) is 23.3 Å². The first-order valence-corrected chi connectivity index (χ1v) is 12.5. The van der Waals surface area contributed by atoms with Crippen molar-refractivity contribution in [2.45, 2.75) is 25.4 Å². The number of halogens is 1. The lowest BCUT2D eigenvalue weighted by Gasteiger charge is -2.35. The van der Waals surface area contributed by atoms with Crippen LogP contribution in [0.4, 0.5) is 10.2 Å². The first-order chi connectivity index (χ1) is 17.9. The zero-order valence-electron chi connectivity index (χ0n) is 20.9. The van der Waals surface area contributed by atoms with Gasteiger partial charge in [0.15, 0.2) is 0 Å². The number of ether oxygens (including phenoxy) is 1.